The molecule has 1 heterocycles. The third kappa shape index (κ3) is 1.91. The van der Waals surface area contributed by atoms with Crippen LogP contribution in [0.3, 0.4) is 0 Å². The van der Waals surface area contributed by atoms with E-state index >= 15 is 0 Å². The molecule has 0 fully saturated rings. The molecule has 20 heavy (non-hydrogen) atoms. The summed E-state index contributed by atoms with van der Waals surface area (Å²) in [6, 6.07) is 9.20. The van der Waals surface area contributed by atoms with Gasteiger partial charge >= 0.3 is 0 Å². The van der Waals surface area contributed by atoms with E-state index < -0.39 is 17.5 Å². The molecule has 3 rings (SSSR count). The van der Waals surface area contributed by atoms with Crippen molar-refractivity contribution in [3.05, 3.63) is 59.2 Å². The molecule has 2 aromatic rings. The second kappa shape index (κ2) is 4.59. The topological polar surface area (TPSA) is 46.3 Å². The largest absolute Gasteiger partial charge is 0.398 e. The van der Waals surface area contributed by atoms with Gasteiger partial charge in [-0.05, 0) is 24.1 Å². The molecule has 0 saturated carbocycles. The van der Waals surface area contributed by atoms with Crippen LogP contribution in [0.5, 0.6) is 0 Å². The molecule has 0 unspecified atom stereocenters. The molecule has 0 aliphatic carbocycles. The first-order valence-electron chi connectivity index (χ1n) is 6.22. The van der Waals surface area contributed by atoms with E-state index in [0.29, 0.717) is 6.54 Å². The van der Waals surface area contributed by atoms with Crippen LogP contribution in [0.1, 0.15) is 15.9 Å². The zero-order chi connectivity index (χ0) is 14.3. The van der Waals surface area contributed by atoms with Crippen molar-refractivity contribution in [2.45, 2.75) is 6.42 Å². The average Bonchev–Trinajstić information content (AvgIpc) is 2.86. The van der Waals surface area contributed by atoms with Crippen molar-refractivity contribution in [1.29, 1.82) is 0 Å². The first-order chi connectivity index (χ1) is 9.58. The molecular formula is C15H12F2N2O. The Hall–Kier alpha value is -2.43. The molecule has 0 bridgehead atoms. The van der Waals surface area contributed by atoms with Gasteiger partial charge in [0.2, 0.25) is 0 Å². The number of fused-ring (bicyclic) bond motifs is 1. The lowest BCUT2D eigenvalue weighted by molar-refractivity contribution is 0.0989. The van der Waals surface area contributed by atoms with Gasteiger partial charge in [0.1, 0.15) is 0 Å². The van der Waals surface area contributed by atoms with Crippen LogP contribution in [0.25, 0.3) is 0 Å². The van der Waals surface area contributed by atoms with Gasteiger partial charge in [0.05, 0.1) is 5.56 Å². The Morgan fingerprint density at radius 1 is 1.15 bits per heavy atom. The summed E-state index contributed by atoms with van der Waals surface area (Å²) in [5, 5.41) is 0. The quantitative estimate of drug-likeness (QED) is 0.813. The number of carbonyl (C=O) groups excluding carboxylic acids is 1. The fourth-order valence-corrected chi connectivity index (χ4v) is 2.44. The molecule has 5 heteroatoms. The summed E-state index contributed by atoms with van der Waals surface area (Å²) >= 11 is 0. The second-order valence-corrected chi connectivity index (χ2v) is 4.69. The molecule has 2 aromatic carbocycles. The molecule has 0 aromatic heterocycles. The van der Waals surface area contributed by atoms with E-state index in [1.807, 2.05) is 24.3 Å². The summed E-state index contributed by atoms with van der Waals surface area (Å²) < 4.78 is 26.4. The van der Waals surface area contributed by atoms with Crippen molar-refractivity contribution in [1.82, 2.24) is 0 Å². The van der Waals surface area contributed by atoms with Crippen LogP contribution in [0, 0.1) is 11.6 Å². The number of nitrogen functional groups attached to an aromatic ring is 1. The van der Waals surface area contributed by atoms with Gasteiger partial charge in [-0.15, -0.1) is 0 Å². The van der Waals surface area contributed by atoms with E-state index in [1.165, 1.54) is 0 Å². The Morgan fingerprint density at radius 2 is 1.85 bits per heavy atom. The highest BCUT2D eigenvalue weighted by Crippen LogP contribution is 2.30. The third-order valence-corrected chi connectivity index (χ3v) is 3.46. The Morgan fingerprint density at radius 3 is 2.65 bits per heavy atom. The first-order valence-corrected chi connectivity index (χ1v) is 6.22. The van der Waals surface area contributed by atoms with E-state index in [2.05, 4.69) is 0 Å². The van der Waals surface area contributed by atoms with Crippen LogP contribution in [-0.4, -0.2) is 12.5 Å². The monoisotopic (exact) mass is 274 g/mol. The summed E-state index contributed by atoms with van der Waals surface area (Å²) in [6.45, 7) is 0.511. The number of anilines is 2. The maximum Gasteiger partial charge on any atom is 0.260 e. The van der Waals surface area contributed by atoms with Gasteiger partial charge in [0, 0.05) is 24.0 Å². The third-order valence-electron chi connectivity index (χ3n) is 3.46. The van der Waals surface area contributed by atoms with Gasteiger partial charge < -0.3 is 10.6 Å². The predicted octanol–water partition coefficient (Wildman–Crippen LogP) is 2.75. The standard InChI is InChI=1S/C15H12F2N2O/c16-11-7-10(13(18)8-12(11)17)15(20)19-6-5-9-3-1-2-4-14(9)19/h1-4,7-8H,5-6,18H2. The molecular weight excluding hydrogens is 262 g/mol. The zero-order valence-corrected chi connectivity index (χ0v) is 10.6. The molecule has 102 valence electrons. The van der Waals surface area contributed by atoms with Gasteiger partial charge in [0.25, 0.3) is 5.91 Å². The molecule has 3 nitrogen and oxygen atoms in total. The molecule has 1 aliphatic heterocycles. The van der Waals surface area contributed by atoms with Crippen molar-refractivity contribution < 1.29 is 13.6 Å². The predicted molar refractivity (Wildman–Crippen MR) is 72.6 cm³/mol. The van der Waals surface area contributed by atoms with Crippen LogP contribution < -0.4 is 10.6 Å². The normalized spacial score (nSPS) is 13.4. The van der Waals surface area contributed by atoms with E-state index in [-0.39, 0.29) is 11.3 Å². The molecule has 1 aliphatic rings. The van der Waals surface area contributed by atoms with Crippen molar-refractivity contribution in [2.75, 3.05) is 17.2 Å². The van der Waals surface area contributed by atoms with E-state index in [0.717, 1.165) is 29.8 Å². The molecule has 0 atom stereocenters. The molecule has 0 spiro atoms. The summed E-state index contributed by atoms with van der Waals surface area (Å²) in [6.07, 6.45) is 0.742. The highest BCUT2D eigenvalue weighted by Gasteiger charge is 2.27. The Balaban J connectivity index is 2.01. The first kappa shape index (κ1) is 12.6. The summed E-state index contributed by atoms with van der Waals surface area (Å²) in [5.74, 6) is -2.54. The number of benzene rings is 2. The summed E-state index contributed by atoms with van der Waals surface area (Å²) in [5.41, 5.74) is 7.40. The lowest BCUT2D eigenvalue weighted by Crippen LogP contribution is -2.29. The highest BCUT2D eigenvalue weighted by molar-refractivity contribution is 6.10. The molecule has 0 saturated heterocycles. The minimum atomic E-state index is -1.07. The SMILES string of the molecule is Nc1cc(F)c(F)cc1C(=O)N1CCc2ccccc21. The van der Waals surface area contributed by atoms with Crippen LogP contribution in [-0.2, 0) is 6.42 Å². The van der Waals surface area contributed by atoms with Gasteiger partial charge in [-0.25, -0.2) is 8.78 Å². The Bertz CT molecular complexity index is 700. The van der Waals surface area contributed by atoms with Gasteiger partial charge in [0.15, 0.2) is 11.6 Å². The number of nitrogens with zero attached hydrogens (tertiary/aromatic N) is 1. The zero-order valence-electron chi connectivity index (χ0n) is 10.6. The van der Waals surface area contributed by atoms with Gasteiger partial charge in [-0.3, -0.25) is 4.79 Å². The van der Waals surface area contributed by atoms with Gasteiger partial charge in [-0.1, -0.05) is 18.2 Å². The maximum atomic E-state index is 13.3. The average molecular weight is 274 g/mol. The molecule has 1 amide bonds. The maximum absolute atomic E-state index is 13.3. The molecule has 0 radical (unpaired) electrons. The van der Waals surface area contributed by atoms with E-state index in [1.54, 1.807) is 4.90 Å². The number of carbonyl (C=O) groups is 1. The van der Waals surface area contributed by atoms with Crippen molar-refractivity contribution in [3.8, 4) is 0 Å². The number of nitrogens with two attached hydrogens (primary N) is 1. The minimum absolute atomic E-state index is 0.0133. The number of hydrogen-bond donors (Lipinski definition) is 1. The number of halogens is 2. The Labute approximate surface area is 114 Å². The fraction of sp³-hybridized carbons (Fsp3) is 0.133. The van der Waals surface area contributed by atoms with Crippen LogP contribution in [0.2, 0.25) is 0 Å². The number of hydrogen-bond acceptors (Lipinski definition) is 2. The van der Waals surface area contributed by atoms with E-state index in [4.69, 9.17) is 5.73 Å². The lowest BCUT2D eigenvalue weighted by Gasteiger charge is -2.18. The minimum Gasteiger partial charge on any atom is -0.398 e. The van der Waals surface area contributed by atoms with Crippen LogP contribution >= 0.6 is 0 Å². The number of para-hydroxylation sites is 1. The van der Waals surface area contributed by atoms with Crippen molar-refractivity contribution in [3.63, 3.8) is 0 Å². The second-order valence-electron chi connectivity index (χ2n) is 4.69. The van der Waals surface area contributed by atoms with Crippen LogP contribution in [0.15, 0.2) is 36.4 Å². The molecule has 2 N–H and O–H groups in total. The number of rotatable bonds is 1. The van der Waals surface area contributed by atoms with Crippen LogP contribution in [0.4, 0.5) is 20.2 Å². The summed E-state index contributed by atoms with van der Waals surface area (Å²) in [7, 11) is 0. The lowest BCUT2D eigenvalue weighted by atomic mass is 10.1. The van der Waals surface area contributed by atoms with Gasteiger partial charge in [-0.2, -0.15) is 0 Å². The van der Waals surface area contributed by atoms with Crippen molar-refractivity contribution in [2.24, 2.45) is 0 Å². The highest BCUT2D eigenvalue weighted by atomic mass is 19.2. The number of amides is 1. The fourth-order valence-electron chi connectivity index (χ4n) is 2.44. The smallest absolute Gasteiger partial charge is 0.260 e. The van der Waals surface area contributed by atoms with Crippen molar-refractivity contribution >= 4 is 17.3 Å². The van der Waals surface area contributed by atoms with E-state index in [9.17, 15) is 13.6 Å². The summed E-state index contributed by atoms with van der Waals surface area (Å²) in [4.78, 5) is 14.0. The Kier molecular flexibility index (Phi) is 2.89.